The summed E-state index contributed by atoms with van der Waals surface area (Å²) >= 11 is 0. The van der Waals surface area contributed by atoms with Crippen molar-refractivity contribution in [2.75, 3.05) is 7.05 Å². The predicted octanol–water partition coefficient (Wildman–Crippen LogP) is 5.37. The van der Waals surface area contributed by atoms with Crippen molar-refractivity contribution < 1.29 is 10.0 Å². The highest BCUT2D eigenvalue weighted by Crippen LogP contribution is 2.40. The van der Waals surface area contributed by atoms with Crippen LogP contribution >= 0.6 is 0 Å². The molecule has 1 amide bonds. The molecule has 0 heterocycles. The lowest BCUT2D eigenvalue weighted by Gasteiger charge is -2.32. The maximum atomic E-state index is 11.4. The number of rotatable bonds is 5. The molecule has 0 radical (unpaired) electrons. The first-order valence-electron chi connectivity index (χ1n) is 8.51. The molecule has 3 heteroatoms. The van der Waals surface area contributed by atoms with Gasteiger partial charge in [-0.1, -0.05) is 55.4 Å². The van der Waals surface area contributed by atoms with Crippen LogP contribution in [0.1, 0.15) is 53.9 Å². The van der Waals surface area contributed by atoms with E-state index in [0.29, 0.717) is 5.06 Å². The Kier molecular flexibility index (Phi) is 7.43. The number of carbonyl (C=O) groups is 1. The van der Waals surface area contributed by atoms with Crippen LogP contribution in [0, 0.1) is 5.41 Å². The minimum absolute atomic E-state index is 0.255. The Morgan fingerprint density at radius 3 is 2.46 bits per heavy atom. The van der Waals surface area contributed by atoms with E-state index in [4.69, 9.17) is 5.21 Å². The average Bonchev–Trinajstić information content (AvgIpc) is 2.45. The second-order valence-corrected chi connectivity index (χ2v) is 7.28. The molecule has 0 aromatic carbocycles. The summed E-state index contributed by atoms with van der Waals surface area (Å²) in [7, 11) is 1.31. The van der Waals surface area contributed by atoms with Gasteiger partial charge in [0.25, 0.3) is 5.91 Å². The fourth-order valence-electron chi connectivity index (χ4n) is 2.97. The van der Waals surface area contributed by atoms with Gasteiger partial charge in [0.2, 0.25) is 0 Å². The third kappa shape index (κ3) is 6.32. The molecule has 1 aliphatic carbocycles. The molecule has 1 N–H and O–H groups in total. The summed E-state index contributed by atoms with van der Waals surface area (Å²) in [4.78, 5) is 11.4. The topological polar surface area (TPSA) is 40.5 Å². The van der Waals surface area contributed by atoms with Crippen molar-refractivity contribution in [1.82, 2.24) is 5.06 Å². The normalized spacial score (nSPS) is 19.5. The molecular weight excluding hydrogens is 298 g/mol. The molecule has 0 aliphatic heterocycles. The molecule has 3 nitrogen and oxygen atoms in total. The molecule has 0 fully saturated rings. The molecule has 24 heavy (non-hydrogen) atoms. The fourth-order valence-corrected chi connectivity index (χ4v) is 2.97. The van der Waals surface area contributed by atoms with Gasteiger partial charge in [0.05, 0.1) is 0 Å². The SMILES string of the molecule is CC1=C(/C=C/C(C)=C/C=C/C(C)=C/C(=O)N(C)O)C(C)(C)CCC1. The van der Waals surface area contributed by atoms with Crippen LogP contribution in [-0.4, -0.2) is 23.2 Å². The number of likely N-dealkylation sites (N-methyl/N-ethyl adjacent to an activating group) is 1. The van der Waals surface area contributed by atoms with Gasteiger partial charge in [0.15, 0.2) is 0 Å². The van der Waals surface area contributed by atoms with Crippen LogP contribution in [0.15, 0.2) is 58.7 Å². The number of amides is 1. The maximum Gasteiger partial charge on any atom is 0.269 e. The molecule has 0 aromatic rings. The molecule has 0 aromatic heterocycles. The van der Waals surface area contributed by atoms with Crippen molar-refractivity contribution in [2.24, 2.45) is 5.41 Å². The molecule has 132 valence electrons. The van der Waals surface area contributed by atoms with Crippen LogP contribution in [0.25, 0.3) is 0 Å². The molecule has 1 aliphatic rings. The standard InChI is InChI=1S/C21H31NO2/c1-16(9-7-10-17(2)15-20(23)22(6)24)12-13-19-18(3)11-8-14-21(19,4)5/h7,9-10,12-13,15,24H,8,11,14H2,1-6H3/b10-7+,13-12+,16-9+,17-15+. The van der Waals surface area contributed by atoms with Gasteiger partial charge in [-0.05, 0) is 56.6 Å². The van der Waals surface area contributed by atoms with Crippen molar-refractivity contribution in [2.45, 2.75) is 53.9 Å². The van der Waals surface area contributed by atoms with E-state index in [0.717, 1.165) is 11.1 Å². The van der Waals surface area contributed by atoms with E-state index in [1.807, 2.05) is 25.2 Å². The molecule has 0 saturated carbocycles. The second-order valence-electron chi connectivity index (χ2n) is 7.28. The van der Waals surface area contributed by atoms with E-state index in [1.165, 1.54) is 43.5 Å². The summed E-state index contributed by atoms with van der Waals surface area (Å²) in [6, 6.07) is 0. The van der Waals surface area contributed by atoms with E-state index >= 15 is 0 Å². The molecule has 0 atom stereocenters. The summed E-state index contributed by atoms with van der Waals surface area (Å²) in [6.07, 6.45) is 15.3. The van der Waals surface area contributed by atoms with Gasteiger partial charge < -0.3 is 0 Å². The number of hydrogen-bond donors (Lipinski definition) is 1. The zero-order valence-electron chi connectivity index (χ0n) is 15.9. The number of hydrogen-bond acceptors (Lipinski definition) is 2. The maximum absolute atomic E-state index is 11.4. The van der Waals surface area contributed by atoms with Crippen LogP contribution in [0.4, 0.5) is 0 Å². The second kappa shape index (κ2) is 8.84. The molecule has 0 saturated heterocycles. The molecule has 1 rings (SSSR count). The summed E-state index contributed by atoms with van der Waals surface area (Å²) < 4.78 is 0. The highest BCUT2D eigenvalue weighted by Gasteiger charge is 2.26. The highest BCUT2D eigenvalue weighted by atomic mass is 16.5. The Morgan fingerprint density at radius 1 is 1.21 bits per heavy atom. The van der Waals surface area contributed by atoms with Crippen LogP contribution < -0.4 is 0 Å². The van der Waals surface area contributed by atoms with Crippen molar-refractivity contribution in [3.05, 3.63) is 58.7 Å². The van der Waals surface area contributed by atoms with E-state index in [1.54, 1.807) is 0 Å². The smallest absolute Gasteiger partial charge is 0.269 e. The predicted molar refractivity (Wildman–Crippen MR) is 101 cm³/mol. The Bertz CT molecular complexity index is 614. The number of carbonyl (C=O) groups excluding carboxylic acids is 1. The first kappa shape index (κ1) is 20.2. The number of hydroxylamine groups is 2. The van der Waals surface area contributed by atoms with Crippen molar-refractivity contribution in [3.63, 3.8) is 0 Å². The molecule has 0 unspecified atom stereocenters. The van der Waals surface area contributed by atoms with Gasteiger partial charge in [-0.3, -0.25) is 10.0 Å². The van der Waals surface area contributed by atoms with Crippen LogP contribution in [-0.2, 0) is 4.79 Å². The Hall–Kier alpha value is -1.87. The van der Waals surface area contributed by atoms with Gasteiger partial charge in [0, 0.05) is 13.1 Å². The number of nitrogens with zero attached hydrogens (tertiary/aromatic N) is 1. The molecule has 0 spiro atoms. The summed E-state index contributed by atoms with van der Waals surface area (Å²) in [5.41, 5.74) is 5.16. The third-order valence-electron chi connectivity index (χ3n) is 4.44. The lowest BCUT2D eigenvalue weighted by molar-refractivity contribution is -0.153. The minimum atomic E-state index is -0.431. The summed E-state index contributed by atoms with van der Waals surface area (Å²) in [5.74, 6) is -0.431. The lowest BCUT2D eigenvalue weighted by Crippen LogP contribution is -2.20. The highest BCUT2D eigenvalue weighted by molar-refractivity contribution is 5.87. The Balaban J connectivity index is 2.77. The molecule has 0 bridgehead atoms. The fraction of sp³-hybridized carbons (Fsp3) is 0.476. The van der Waals surface area contributed by atoms with E-state index in [2.05, 4.69) is 39.8 Å². The van der Waals surface area contributed by atoms with Gasteiger partial charge in [-0.2, -0.15) is 0 Å². The van der Waals surface area contributed by atoms with Gasteiger partial charge in [0.1, 0.15) is 0 Å². The third-order valence-corrected chi connectivity index (χ3v) is 4.44. The van der Waals surface area contributed by atoms with Gasteiger partial charge >= 0.3 is 0 Å². The van der Waals surface area contributed by atoms with Crippen molar-refractivity contribution in [1.29, 1.82) is 0 Å². The average molecular weight is 329 g/mol. The van der Waals surface area contributed by atoms with Crippen molar-refractivity contribution in [3.8, 4) is 0 Å². The van der Waals surface area contributed by atoms with Crippen LogP contribution in [0.5, 0.6) is 0 Å². The lowest BCUT2D eigenvalue weighted by atomic mass is 9.72. The number of allylic oxidation sites excluding steroid dienone is 9. The minimum Gasteiger partial charge on any atom is -0.286 e. The quantitative estimate of drug-likeness (QED) is 0.319. The monoisotopic (exact) mass is 329 g/mol. The zero-order valence-corrected chi connectivity index (χ0v) is 15.9. The van der Waals surface area contributed by atoms with Crippen LogP contribution in [0.2, 0.25) is 0 Å². The van der Waals surface area contributed by atoms with Gasteiger partial charge in [-0.25, -0.2) is 5.06 Å². The van der Waals surface area contributed by atoms with E-state index in [-0.39, 0.29) is 5.41 Å². The zero-order chi connectivity index (χ0) is 18.3. The van der Waals surface area contributed by atoms with E-state index in [9.17, 15) is 4.79 Å². The van der Waals surface area contributed by atoms with E-state index < -0.39 is 5.91 Å². The molecular formula is C21H31NO2. The largest absolute Gasteiger partial charge is 0.286 e. The Labute approximate surface area is 146 Å². The Morgan fingerprint density at radius 2 is 1.88 bits per heavy atom. The van der Waals surface area contributed by atoms with Crippen molar-refractivity contribution >= 4 is 5.91 Å². The first-order chi connectivity index (χ1) is 11.1. The first-order valence-corrected chi connectivity index (χ1v) is 8.51. The van der Waals surface area contributed by atoms with Gasteiger partial charge in [-0.15, -0.1) is 0 Å². The summed E-state index contributed by atoms with van der Waals surface area (Å²) in [6.45, 7) is 10.8. The summed E-state index contributed by atoms with van der Waals surface area (Å²) in [5, 5.41) is 9.60. The van der Waals surface area contributed by atoms with Crippen LogP contribution in [0.3, 0.4) is 0 Å².